The van der Waals surface area contributed by atoms with Gasteiger partial charge in [0, 0.05) is 32.2 Å². The van der Waals surface area contributed by atoms with E-state index in [-0.39, 0.29) is 5.91 Å². The van der Waals surface area contributed by atoms with E-state index in [1.807, 2.05) is 37.4 Å². The van der Waals surface area contributed by atoms with E-state index < -0.39 is 0 Å². The molecule has 0 aromatic heterocycles. The number of hydrogen-bond donors (Lipinski definition) is 0. The Labute approximate surface area is 174 Å². The maximum atomic E-state index is 12.8. The lowest BCUT2D eigenvalue weighted by molar-refractivity contribution is 0.0785. The van der Waals surface area contributed by atoms with Gasteiger partial charge in [-0.15, -0.1) is 0 Å². The lowest BCUT2D eigenvalue weighted by Gasteiger charge is -2.30. The lowest BCUT2D eigenvalue weighted by atomic mass is 9.99. The van der Waals surface area contributed by atoms with Gasteiger partial charge in [0.25, 0.3) is 5.91 Å². The minimum atomic E-state index is 0.0120. The number of amides is 1. The van der Waals surface area contributed by atoms with Gasteiger partial charge >= 0.3 is 0 Å². The van der Waals surface area contributed by atoms with Crippen LogP contribution in [0.4, 0.5) is 0 Å². The van der Waals surface area contributed by atoms with Crippen LogP contribution in [0.5, 0.6) is 11.5 Å². The smallest absolute Gasteiger partial charge is 0.253 e. The molecule has 5 nitrogen and oxygen atoms in total. The van der Waals surface area contributed by atoms with Gasteiger partial charge in [-0.2, -0.15) is 0 Å². The number of carbonyl (C=O) groups is 1. The largest absolute Gasteiger partial charge is 0.493 e. The zero-order valence-electron chi connectivity index (χ0n) is 18.0. The highest BCUT2D eigenvalue weighted by molar-refractivity contribution is 5.94. The van der Waals surface area contributed by atoms with Crippen molar-refractivity contribution in [3.8, 4) is 11.5 Å². The Kier molecular flexibility index (Phi) is 7.15. The van der Waals surface area contributed by atoms with E-state index in [1.165, 1.54) is 24.9 Å². The van der Waals surface area contributed by atoms with Gasteiger partial charge in [0.05, 0.1) is 14.2 Å². The average molecular weight is 397 g/mol. The fourth-order valence-corrected chi connectivity index (χ4v) is 3.99. The summed E-state index contributed by atoms with van der Waals surface area (Å²) in [7, 11) is 5.05. The summed E-state index contributed by atoms with van der Waals surface area (Å²) in [4.78, 5) is 17.1. The second-order valence-corrected chi connectivity index (χ2v) is 8.03. The summed E-state index contributed by atoms with van der Waals surface area (Å²) in [5.74, 6) is 2.14. The van der Waals surface area contributed by atoms with Crippen molar-refractivity contribution in [2.45, 2.75) is 32.9 Å². The quantitative estimate of drug-likeness (QED) is 0.703. The molecule has 1 aliphatic rings. The summed E-state index contributed by atoms with van der Waals surface area (Å²) in [6.07, 6.45) is 2.61. The molecule has 1 amide bonds. The molecule has 1 fully saturated rings. The number of nitrogens with zero attached hydrogens (tertiary/aromatic N) is 2. The number of rotatable bonds is 7. The van der Waals surface area contributed by atoms with Crippen molar-refractivity contribution >= 4 is 5.91 Å². The third-order valence-electron chi connectivity index (χ3n) is 5.56. The number of piperidine rings is 1. The zero-order chi connectivity index (χ0) is 20.8. The van der Waals surface area contributed by atoms with Crippen LogP contribution in [-0.2, 0) is 13.1 Å². The van der Waals surface area contributed by atoms with Gasteiger partial charge in [0.15, 0.2) is 11.5 Å². The predicted octanol–water partition coefficient (Wildman–Crippen LogP) is 4.21. The summed E-state index contributed by atoms with van der Waals surface area (Å²) in [6.45, 7) is 6.11. The SMILES string of the molecule is COc1ccc(CN(C)C(=O)c2ccc(CN3CCC[C@H](C)C3)cc2)cc1OC. The van der Waals surface area contributed by atoms with Crippen LogP contribution in [0.1, 0.15) is 41.3 Å². The summed E-state index contributed by atoms with van der Waals surface area (Å²) in [5.41, 5.74) is 2.97. The second-order valence-electron chi connectivity index (χ2n) is 8.03. The monoisotopic (exact) mass is 396 g/mol. The van der Waals surface area contributed by atoms with Crippen LogP contribution >= 0.6 is 0 Å². The normalized spacial score (nSPS) is 17.0. The van der Waals surface area contributed by atoms with Crippen LogP contribution in [0.15, 0.2) is 42.5 Å². The molecule has 2 aromatic rings. The second kappa shape index (κ2) is 9.79. The molecule has 0 radical (unpaired) electrons. The molecule has 156 valence electrons. The first-order chi connectivity index (χ1) is 14.0. The summed E-state index contributed by atoms with van der Waals surface area (Å²) in [5, 5.41) is 0. The minimum Gasteiger partial charge on any atom is -0.493 e. The summed E-state index contributed by atoms with van der Waals surface area (Å²) < 4.78 is 10.6. The van der Waals surface area contributed by atoms with Crippen molar-refractivity contribution in [2.75, 3.05) is 34.4 Å². The predicted molar refractivity (Wildman–Crippen MR) is 115 cm³/mol. The standard InChI is InChI=1S/C24H32N2O3/c1-18-6-5-13-26(15-18)17-19-7-10-21(11-8-19)24(27)25(2)16-20-9-12-22(28-3)23(14-20)29-4/h7-12,14,18H,5-6,13,15-17H2,1-4H3/t18-/m0/s1. The van der Waals surface area contributed by atoms with Crippen LogP contribution < -0.4 is 9.47 Å². The molecule has 1 atom stereocenters. The fraction of sp³-hybridized carbons (Fsp3) is 0.458. The van der Waals surface area contributed by atoms with Crippen LogP contribution in [-0.4, -0.2) is 50.1 Å². The summed E-state index contributed by atoms with van der Waals surface area (Å²) in [6, 6.07) is 13.8. The van der Waals surface area contributed by atoms with Crippen molar-refractivity contribution in [1.29, 1.82) is 0 Å². The van der Waals surface area contributed by atoms with E-state index in [2.05, 4.69) is 24.0 Å². The highest BCUT2D eigenvalue weighted by atomic mass is 16.5. The van der Waals surface area contributed by atoms with E-state index in [4.69, 9.17) is 9.47 Å². The van der Waals surface area contributed by atoms with Crippen LogP contribution in [0.3, 0.4) is 0 Å². The van der Waals surface area contributed by atoms with Gasteiger partial charge in [-0.3, -0.25) is 9.69 Å². The fourth-order valence-electron chi connectivity index (χ4n) is 3.99. The van der Waals surface area contributed by atoms with Gasteiger partial charge in [0.2, 0.25) is 0 Å². The number of ether oxygens (including phenoxy) is 2. The molecule has 2 aromatic carbocycles. The number of benzene rings is 2. The molecule has 1 aliphatic heterocycles. The van der Waals surface area contributed by atoms with E-state index in [0.29, 0.717) is 23.6 Å². The minimum absolute atomic E-state index is 0.0120. The molecule has 0 N–H and O–H groups in total. The zero-order valence-corrected chi connectivity index (χ0v) is 18.0. The number of hydrogen-bond acceptors (Lipinski definition) is 4. The Bertz CT molecular complexity index is 819. The highest BCUT2D eigenvalue weighted by Crippen LogP contribution is 2.28. The Morgan fingerprint density at radius 1 is 1.07 bits per heavy atom. The van der Waals surface area contributed by atoms with Crippen molar-refractivity contribution < 1.29 is 14.3 Å². The Hall–Kier alpha value is -2.53. The first kappa shape index (κ1) is 21.2. The third-order valence-corrected chi connectivity index (χ3v) is 5.56. The molecular formula is C24H32N2O3. The van der Waals surface area contributed by atoms with Gasteiger partial charge in [-0.25, -0.2) is 0 Å². The van der Waals surface area contributed by atoms with Crippen LogP contribution in [0.2, 0.25) is 0 Å². The molecule has 0 unspecified atom stereocenters. The van der Waals surface area contributed by atoms with E-state index >= 15 is 0 Å². The first-order valence-corrected chi connectivity index (χ1v) is 10.3. The van der Waals surface area contributed by atoms with Gasteiger partial charge < -0.3 is 14.4 Å². The Morgan fingerprint density at radius 2 is 1.76 bits per heavy atom. The molecule has 3 rings (SSSR count). The van der Waals surface area contributed by atoms with Gasteiger partial charge in [-0.1, -0.05) is 25.1 Å². The van der Waals surface area contributed by atoms with E-state index in [0.717, 1.165) is 24.6 Å². The van der Waals surface area contributed by atoms with E-state index in [1.54, 1.807) is 19.1 Å². The molecule has 0 saturated carbocycles. The molecule has 0 bridgehead atoms. The number of carbonyl (C=O) groups excluding carboxylic acids is 1. The third kappa shape index (κ3) is 5.51. The van der Waals surface area contributed by atoms with Crippen molar-refractivity contribution in [3.05, 3.63) is 59.2 Å². The molecular weight excluding hydrogens is 364 g/mol. The van der Waals surface area contributed by atoms with E-state index in [9.17, 15) is 4.79 Å². The van der Waals surface area contributed by atoms with Crippen LogP contribution in [0, 0.1) is 5.92 Å². The Balaban J connectivity index is 1.60. The lowest BCUT2D eigenvalue weighted by Crippen LogP contribution is -2.33. The maximum absolute atomic E-state index is 12.8. The van der Waals surface area contributed by atoms with Gasteiger partial charge in [0.1, 0.15) is 0 Å². The van der Waals surface area contributed by atoms with Crippen molar-refractivity contribution in [1.82, 2.24) is 9.80 Å². The Morgan fingerprint density at radius 3 is 2.41 bits per heavy atom. The van der Waals surface area contributed by atoms with Crippen molar-refractivity contribution in [2.24, 2.45) is 5.92 Å². The molecule has 0 aliphatic carbocycles. The number of methoxy groups -OCH3 is 2. The van der Waals surface area contributed by atoms with Crippen LogP contribution in [0.25, 0.3) is 0 Å². The molecule has 1 saturated heterocycles. The molecule has 5 heteroatoms. The molecule has 0 spiro atoms. The van der Waals surface area contributed by atoms with Crippen molar-refractivity contribution in [3.63, 3.8) is 0 Å². The molecule has 1 heterocycles. The topological polar surface area (TPSA) is 42.0 Å². The number of likely N-dealkylation sites (tertiary alicyclic amines) is 1. The van der Waals surface area contributed by atoms with Gasteiger partial charge in [-0.05, 0) is 60.7 Å². The first-order valence-electron chi connectivity index (χ1n) is 10.3. The summed E-state index contributed by atoms with van der Waals surface area (Å²) >= 11 is 0. The highest BCUT2D eigenvalue weighted by Gasteiger charge is 2.17. The average Bonchev–Trinajstić information content (AvgIpc) is 2.73. The maximum Gasteiger partial charge on any atom is 0.253 e. The molecule has 29 heavy (non-hydrogen) atoms.